The van der Waals surface area contributed by atoms with Gasteiger partial charge in [0.25, 0.3) is 0 Å². The van der Waals surface area contributed by atoms with Crippen LogP contribution < -0.4 is 4.90 Å². The van der Waals surface area contributed by atoms with Crippen molar-refractivity contribution in [2.24, 2.45) is 0 Å². The van der Waals surface area contributed by atoms with Crippen molar-refractivity contribution >= 4 is 27.4 Å². The number of aromatic nitrogens is 2. The normalized spacial score (nSPS) is 16.5. The Morgan fingerprint density at radius 2 is 2.10 bits per heavy atom. The molecule has 1 aliphatic heterocycles. The summed E-state index contributed by atoms with van der Waals surface area (Å²) in [6.07, 6.45) is 2.70. The second-order valence-corrected chi connectivity index (χ2v) is 6.02. The molecule has 1 fully saturated rings. The van der Waals surface area contributed by atoms with Crippen LogP contribution in [-0.2, 0) is 6.42 Å². The Kier molecular flexibility index (Phi) is 3.81. The van der Waals surface area contributed by atoms with Crippen LogP contribution in [0.3, 0.4) is 0 Å². The Morgan fingerprint density at radius 1 is 1.30 bits per heavy atom. The smallest absolute Gasteiger partial charge is 0.140 e. The molecular formula is C14H17N5S. The van der Waals surface area contributed by atoms with Gasteiger partial charge in [-0.2, -0.15) is 5.26 Å². The lowest BCUT2D eigenvalue weighted by molar-refractivity contribution is 0.286. The van der Waals surface area contributed by atoms with E-state index in [0.717, 1.165) is 43.2 Å². The van der Waals surface area contributed by atoms with Crippen molar-refractivity contribution in [3.63, 3.8) is 0 Å². The zero-order valence-corrected chi connectivity index (χ0v) is 12.4. The van der Waals surface area contributed by atoms with Gasteiger partial charge in [-0.1, -0.05) is 6.92 Å². The third kappa shape index (κ3) is 2.47. The minimum absolute atomic E-state index is 0.519. The molecule has 2 aromatic rings. The Hall–Kier alpha value is -1.71. The van der Waals surface area contributed by atoms with Crippen LogP contribution in [0.5, 0.6) is 0 Å². The molecule has 1 saturated heterocycles. The van der Waals surface area contributed by atoms with Crippen LogP contribution in [0.25, 0.3) is 10.2 Å². The number of nitrogens with zero attached hydrogens (tertiary/aromatic N) is 5. The highest BCUT2D eigenvalue weighted by Gasteiger charge is 2.20. The van der Waals surface area contributed by atoms with Gasteiger partial charge < -0.3 is 4.90 Å². The third-order valence-corrected chi connectivity index (χ3v) is 4.86. The molecule has 3 rings (SSSR count). The second-order valence-electron chi connectivity index (χ2n) is 4.90. The molecule has 104 valence electrons. The zero-order chi connectivity index (χ0) is 13.9. The standard InChI is InChI=1S/C14H17N5S/c1-2-11-9-12-13(16-10-17-14(12)20-11)19-7-5-18(4-3-15)6-8-19/h9-10H,2,4-8H2,1H3. The fraction of sp³-hybridized carbons (Fsp3) is 0.500. The van der Waals surface area contributed by atoms with E-state index in [4.69, 9.17) is 5.26 Å². The number of aryl methyl sites for hydroxylation is 1. The third-order valence-electron chi connectivity index (χ3n) is 3.67. The van der Waals surface area contributed by atoms with E-state index >= 15 is 0 Å². The van der Waals surface area contributed by atoms with E-state index in [-0.39, 0.29) is 0 Å². The Bertz CT molecular complexity index is 637. The molecule has 2 aromatic heterocycles. The Balaban J connectivity index is 1.84. The van der Waals surface area contributed by atoms with Gasteiger partial charge in [-0.3, -0.25) is 4.90 Å². The highest BCUT2D eigenvalue weighted by atomic mass is 32.1. The van der Waals surface area contributed by atoms with E-state index in [0.29, 0.717) is 6.54 Å². The molecule has 0 saturated carbocycles. The number of rotatable bonds is 3. The maximum absolute atomic E-state index is 8.75. The van der Waals surface area contributed by atoms with E-state index in [1.165, 1.54) is 10.3 Å². The first-order chi connectivity index (χ1) is 9.81. The lowest BCUT2D eigenvalue weighted by atomic mass is 10.2. The minimum atomic E-state index is 0.519. The molecule has 0 N–H and O–H groups in total. The SMILES string of the molecule is CCc1cc2c(N3CCN(CC#N)CC3)ncnc2s1. The molecular weight excluding hydrogens is 270 g/mol. The van der Waals surface area contributed by atoms with Crippen LogP contribution in [0.4, 0.5) is 5.82 Å². The van der Waals surface area contributed by atoms with Gasteiger partial charge in [-0.05, 0) is 12.5 Å². The van der Waals surface area contributed by atoms with Gasteiger partial charge in [0.1, 0.15) is 17.0 Å². The number of hydrogen-bond donors (Lipinski definition) is 0. The van der Waals surface area contributed by atoms with Crippen LogP contribution >= 0.6 is 11.3 Å². The molecule has 20 heavy (non-hydrogen) atoms. The summed E-state index contributed by atoms with van der Waals surface area (Å²) in [5, 5.41) is 9.92. The predicted molar refractivity (Wildman–Crippen MR) is 81.1 cm³/mol. The molecule has 0 radical (unpaired) electrons. The molecule has 0 unspecified atom stereocenters. The minimum Gasteiger partial charge on any atom is -0.353 e. The maximum Gasteiger partial charge on any atom is 0.140 e. The molecule has 0 aromatic carbocycles. The molecule has 0 aliphatic carbocycles. The first kappa shape index (κ1) is 13.3. The van der Waals surface area contributed by atoms with E-state index in [9.17, 15) is 0 Å². The molecule has 3 heterocycles. The summed E-state index contributed by atoms with van der Waals surface area (Å²) in [5.74, 6) is 1.04. The lowest BCUT2D eigenvalue weighted by Gasteiger charge is -2.34. The number of piperazine rings is 1. The summed E-state index contributed by atoms with van der Waals surface area (Å²) in [6.45, 7) is 6.37. The van der Waals surface area contributed by atoms with E-state index in [1.54, 1.807) is 17.7 Å². The van der Waals surface area contributed by atoms with Crippen LogP contribution in [0.1, 0.15) is 11.8 Å². The van der Waals surface area contributed by atoms with E-state index in [2.05, 4.69) is 38.8 Å². The van der Waals surface area contributed by atoms with Crippen molar-refractivity contribution in [3.05, 3.63) is 17.3 Å². The van der Waals surface area contributed by atoms with Gasteiger partial charge in [0.2, 0.25) is 0 Å². The Labute approximate surface area is 122 Å². The fourth-order valence-electron chi connectivity index (χ4n) is 2.54. The number of fused-ring (bicyclic) bond motifs is 1. The van der Waals surface area contributed by atoms with Crippen LogP contribution in [0.15, 0.2) is 12.4 Å². The number of anilines is 1. The van der Waals surface area contributed by atoms with Crippen LogP contribution in [0.2, 0.25) is 0 Å². The molecule has 0 bridgehead atoms. The monoisotopic (exact) mass is 287 g/mol. The molecule has 0 atom stereocenters. The second kappa shape index (κ2) is 5.73. The number of hydrogen-bond acceptors (Lipinski definition) is 6. The first-order valence-corrected chi connectivity index (χ1v) is 7.71. The van der Waals surface area contributed by atoms with Gasteiger partial charge in [-0.15, -0.1) is 11.3 Å². The summed E-state index contributed by atoms with van der Waals surface area (Å²) >= 11 is 1.75. The van der Waals surface area contributed by atoms with Gasteiger partial charge in [0, 0.05) is 31.1 Å². The van der Waals surface area contributed by atoms with Crippen molar-refractivity contribution in [1.29, 1.82) is 5.26 Å². The van der Waals surface area contributed by atoms with Crippen molar-refractivity contribution in [1.82, 2.24) is 14.9 Å². The highest BCUT2D eigenvalue weighted by Crippen LogP contribution is 2.30. The van der Waals surface area contributed by atoms with Crippen LogP contribution in [0, 0.1) is 11.3 Å². The number of thiophene rings is 1. The van der Waals surface area contributed by atoms with Gasteiger partial charge in [0.15, 0.2) is 0 Å². The summed E-state index contributed by atoms with van der Waals surface area (Å²) in [7, 11) is 0. The Morgan fingerprint density at radius 3 is 2.80 bits per heavy atom. The molecule has 5 nitrogen and oxygen atoms in total. The largest absolute Gasteiger partial charge is 0.353 e. The lowest BCUT2D eigenvalue weighted by Crippen LogP contribution is -2.46. The maximum atomic E-state index is 8.75. The highest BCUT2D eigenvalue weighted by molar-refractivity contribution is 7.18. The summed E-state index contributed by atoms with van der Waals surface area (Å²) in [5.41, 5.74) is 0. The first-order valence-electron chi connectivity index (χ1n) is 6.89. The number of nitriles is 1. The molecule has 1 aliphatic rings. The van der Waals surface area contributed by atoms with E-state index in [1.807, 2.05) is 0 Å². The van der Waals surface area contributed by atoms with Gasteiger partial charge in [0.05, 0.1) is 18.0 Å². The average Bonchev–Trinajstić information content (AvgIpc) is 2.91. The zero-order valence-electron chi connectivity index (χ0n) is 11.5. The summed E-state index contributed by atoms with van der Waals surface area (Å²) < 4.78 is 0. The molecule has 0 spiro atoms. The van der Waals surface area contributed by atoms with Crippen LogP contribution in [-0.4, -0.2) is 47.6 Å². The van der Waals surface area contributed by atoms with E-state index < -0.39 is 0 Å². The topological polar surface area (TPSA) is 56.0 Å². The van der Waals surface area contributed by atoms with Crippen molar-refractivity contribution in [2.75, 3.05) is 37.6 Å². The molecule has 6 heteroatoms. The fourth-order valence-corrected chi connectivity index (χ4v) is 3.47. The summed E-state index contributed by atoms with van der Waals surface area (Å²) in [6, 6.07) is 4.44. The van der Waals surface area contributed by atoms with Crippen molar-refractivity contribution in [3.8, 4) is 6.07 Å². The predicted octanol–water partition coefficient (Wildman–Crippen LogP) is 1.90. The van der Waals surface area contributed by atoms with Crippen molar-refractivity contribution in [2.45, 2.75) is 13.3 Å². The van der Waals surface area contributed by atoms with Crippen molar-refractivity contribution < 1.29 is 0 Å². The summed E-state index contributed by atoms with van der Waals surface area (Å²) in [4.78, 5) is 15.8. The quantitative estimate of drug-likeness (QED) is 0.807. The average molecular weight is 287 g/mol. The van der Waals surface area contributed by atoms with Gasteiger partial charge >= 0.3 is 0 Å². The molecule has 0 amide bonds. The van der Waals surface area contributed by atoms with Gasteiger partial charge in [-0.25, -0.2) is 9.97 Å².